The van der Waals surface area contributed by atoms with Crippen LogP contribution in [0.15, 0.2) is 59.7 Å². The van der Waals surface area contributed by atoms with Gasteiger partial charge in [-0.1, -0.05) is 42.5 Å². The first-order chi connectivity index (χ1) is 10.2. The lowest BCUT2D eigenvalue weighted by Crippen LogP contribution is -2.29. The molecule has 21 heavy (non-hydrogen) atoms. The lowest BCUT2D eigenvalue weighted by atomic mass is 9.99. The Bertz CT molecular complexity index is 811. The molecule has 108 valence electrons. The van der Waals surface area contributed by atoms with Crippen molar-refractivity contribution >= 4 is 10.8 Å². The molecule has 0 saturated heterocycles. The number of aromatic nitrogens is 2. The summed E-state index contributed by atoms with van der Waals surface area (Å²) in [6.45, 7) is 0.615. The third-order valence-electron chi connectivity index (χ3n) is 3.94. The number of nitrogens with one attached hydrogen (secondary N) is 1. The third kappa shape index (κ3) is 2.50. The highest BCUT2D eigenvalue weighted by Gasteiger charge is 2.14. The number of benzene rings is 2. The van der Waals surface area contributed by atoms with Crippen molar-refractivity contribution in [2.75, 3.05) is 7.05 Å². The number of nitrogens with zero attached hydrogens (tertiary/aromatic N) is 2. The second-order valence-corrected chi connectivity index (χ2v) is 5.25. The first-order valence-corrected chi connectivity index (χ1v) is 7.07. The van der Waals surface area contributed by atoms with Crippen molar-refractivity contribution in [1.29, 1.82) is 0 Å². The Balaban J connectivity index is 2.02. The van der Waals surface area contributed by atoms with Gasteiger partial charge in [-0.2, -0.15) is 0 Å². The molecule has 4 heteroatoms. The van der Waals surface area contributed by atoms with Crippen LogP contribution >= 0.6 is 0 Å². The van der Waals surface area contributed by atoms with Crippen LogP contribution in [0, 0.1) is 0 Å². The SMILES string of the molecule is CNC(Cn1ccn(C)c1=O)c1cccc2ccccc12. The summed E-state index contributed by atoms with van der Waals surface area (Å²) in [5.74, 6) is 0. The summed E-state index contributed by atoms with van der Waals surface area (Å²) in [5.41, 5.74) is 1.22. The van der Waals surface area contributed by atoms with Crippen LogP contribution in [0.5, 0.6) is 0 Å². The van der Waals surface area contributed by atoms with E-state index in [2.05, 4.69) is 35.6 Å². The van der Waals surface area contributed by atoms with Crippen LogP contribution in [-0.4, -0.2) is 16.2 Å². The maximum atomic E-state index is 12.0. The molecule has 3 rings (SSSR count). The van der Waals surface area contributed by atoms with Crippen molar-refractivity contribution in [2.24, 2.45) is 7.05 Å². The fraction of sp³-hybridized carbons (Fsp3) is 0.235. The molecule has 0 radical (unpaired) electrons. The van der Waals surface area contributed by atoms with Gasteiger partial charge in [0.25, 0.3) is 0 Å². The minimum atomic E-state index is 0.00971. The zero-order valence-corrected chi connectivity index (χ0v) is 12.3. The van der Waals surface area contributed by atoms with Gasteiger partial charge in [0.1, 0.15) is 0 Å². The molecule has 1 N–H and O–H groups in total. The van der Waals surface area contributed by atoms with Crippen LogP contribution in [0.3, 0.4) is 0 Å². The summed E-state index contributed by atoms with van der Waals surface area (Å²) in [6, 6.07) is 14.7. The van der Waals surface area contributed by atoms with E-state index in [9.17, 15) is 4.79 Å². The number of likely N-dealkylation sites (N-methyl/N-ethyl adjacent to an activating group) is 1. The van der Waals surface area contributed by atoms with E-state index in [1.54, 1.807) is 22.4 Å². The Morgan fingerprint density at radius 3 is 2.57 bits per heavy atom. The Hall–Kier alpha value is -2.33. The van der Waals surface area contributed by atoms with Gasteiger partial charge < -0.3 is 9.88 Å². The van der Waals surface area contributed by atoms with Gasteiger partial charge in [0.05, 0.1) is 6.04 Å². The highest BCUT2D eigenvalue weighted by molar-refractivity contribution is 5.86. The van der Waals surface area contributed by atoms with Crippen LogP contribution in [0.1, 0.15) is 11.6 Å². The lowest BCUT2D eigenvalue weighted by molar-refractivity contribution is 0.490. The minimum absolute atomic E-state index is 0.00971. The first kappa shape index (κ1) is 13.6. The maximum Gasteiger partial charge on any atom is 0.327 e. The van der Waals surface area contributed by atoms with Crippen molar-refractivity contribution in [2.45, 2.75) is 12.6 Å². The summed E-state index contributed by atoms with van der Waals surface area (Å²) in [5, 5.41) is 5.77. The molecule has 0 aliphatic rings. The standard InChI is InChI=1S/C17H19N3O/c1-18-16(12-20-11-10-19(2)17(20)21)15-9-5-7-13-6-3-4-8-14(13)15/h3-11,16,18H,12H2,1-2H3. The smallest absolute Gasteiger partial charge is 0.311 e. The Morgan fingerprint density at radius 1 is 1.10 bits per heavy atom. The van der Waals surface area contributed by atoms with Crippen LogP contribution in [0.4, 0.5) is 0 Å². The zero-order valence-electron chi connectivity index (χ0n) is 12.3. The molecule has 1 atom stereocenters. The average molecular weight is 281 g/mol. The predicted molar refractivity (Wildman–Crippen MR) is 85.4 cm³/mol. The molecule has 1 heterocycles. The largest absolute Gasteiger partial charge is 0.327 e. The van der Waals surface area contributed by atoms with Gasteiger partial charge >= 0.3 is 5.69 Å². The second kappa shape index (κ2) is 5.58. The number of fused-ring (bicyclic) bond motifs is 1. The number of hydrogen-bond donors (Lipinski definition) is 1. The summed E-state index contributed by atoms with van der Waals surface area (Å²) < 4.78 is 3.33. The molecular weight excluding hydrogens is 262 g/mol. The predicted octanol–water partition coefficient (Wildman–Crippen LogP) is 2.30. The fourth-order valence-corrected chi connectivity index (χ4v) is 2.75. The molecule has 0 fully saturated rings. The van der Waals surface area contributed by atoms with E-state index >= 15 is 0 Å². The summed E-state index contributed by atoms with van der Waals surface area (Å²) in [7, 11) is 3.70. The molecule has 4 nitrogen and oxygen atoms in total. The van der Waals surface area contributed by atoms with E-state index in [-0.39, 0.29) is 11.7 Å². The molecule has 0 spiro atoms. The van der Waals surface area contributed by atoms with E-state index in [4.69, 9.17) is 0 Å². The number of rotatable bonds is 4. The molecule has 0 aliphatic carbocycles. The van der Waals surface area contributed by atoms with Crippen molar-refractivity contribution in [3.05, 3.63) is 70.9 Å². The molecule has 1 unspecified atom stereocenters. The van der Waals surface area contributed by atoms with Gasteiger partial charge in [0.15, 0.2) is 0 Å². The molecule has 0 aliphatic heterocycles. The van der Waals surface area contributed by atoms with Gasteiger partial charge in [-0.15, -0.1) is 0 Å². The zero-order chi connectivity index (χ0) is 14.8. The van der Waals surface area contributed by atoms with Crippen molar-refractivity contribution in [1.82, 2.24) is 14.5 Å². The Labute approximate surface area is 123 Å². The lowest BCUT2D eigenvalue weighted by Gasteiger charge is -2.19. The fourth-order valence-electron chi connectivity index (χ4n) is 2.75. The number of hydrogen-bond acceptors (Lipinski definition) is 2. The normalized spacial score (nSPS) is 12.7. The van der Waals surface area contributed by atoms with Gasteiger partial charge in [-0.25, -0.2) is 4.79 Å². The van der Waals surface area contributed by atoms with E-state index in [1.807, 2.05) is 25.4 Å². The van der Waals surface area contributed by atoms with Gasteiger partial charge in [-0.05, 0) is 23.4 Å². The van der Waals surface area contributed by atoms with E-state index in [1.165, 1.54) is 16.3 Å². The molecule has 3 aromatic rings. The van der Waals surface area contributed by atoms with Crippen LogP contribution < -0.4 is 11.0 Å². The first-order valence-electron chi connectivity index (χ1n) is 7.07. The minimum Gasteiger partial charge on any atom is -0.311 e. The molecule has 1 aromatic heterocycles. The second-order valence-electron chi connectivity index (χ2n) is 5.25. The molecule has 0 bridgehead atoms. The van der Waals surface area contributed by atoms with E-state index < -0.39 is 0 Å². The quantitative estimate of drug-likeness (QED) is 0.797. The molecular formula is C17H19N3O. The number of imidazole rings is 1. The van der Waals surface area contributed by atoms with E-state index in [0.29, 0.717) is 6.54 Å². The average Bonchev–Trinajstić information content (AvgIpc) is 2.84. The Kier molecular flexibility index (Phi) is 3.62. The van der Waals surface area contributed by atoms with Crippen molar-refractivity contribution < 1.29 is 0 Å². The topological polar surface area (TPSA) is 39.0 Å². The van der Waals surface area contributed by atoms with E-state index in [0.717, 1.165) is 0 Å². The summed E-state index contributed by atoms with van der Waals surface area (Å²) >= 11 is 0. The molecule has 0 amide bonds. The van der Waals surface area contributed by atoms with Crippen LogP contribution in [0.2, 0.25) is 0 Å². The van der Waals surface area contributed by atoms with Crippen molar-refractivity contribution in [3.8, 4) is 0 Å². The number of aryl methyl sites for hydroxylation is 1. The monoisotopic (exact) mass is 281 g/mol. The summed E-state index contributed by atoms with van der Waals surface area (Å²) in [6.07, 6.45) is 3.62. The van der Waals surface area contributed by atoms with Gasteiger partial charge in [0, 0.05) is 26.0 Å². The molecule has 2 aromatic carbocycles. The highest BCUT2D eigenvalue weighted by atomic mass is 16.1. The van der Waals surface area contributed by atoms with Gasteiger partial charge in [-0.3, -0.25) is 4.57 Å². The van der Waals surface area contributed by atoms with Crippen molar-refractivity contribution in [3.63, 3.8) is 0 Å². The highest BCUT2D eigenvalue weighted by Crippen LogP contribution is 2.24. The molecule has 0 saturated carbocycles. The summed E-state index contributed by atoms with van der Waals surface area (Å²) in [4.78, 5) is 12.0. The van der Waals surface area contributed by atoms with Gasteiger partial charge in [0.2, 0.25) is 0 Å². The van der Waals surface area contributed by atoms with Crippen LogP contribution in [0.25, 0.3) is 10.8 Å². The maximum absolute atomic E-state index is 12.0. The van der Waals surface area contributed by atoms with Crippen LogP contribution in [-0.2, 0) is 13.6 Å². The third-order valence-corrected chi connectivity index (χ3v) is 3.94. The Morgan fingerprint density at radius 2 is 1.86 bits per heavy atom.